The van der Waals surface area contributed by atoms with E-state index in [1.165, 1.54) is 4.90 Å². The van der Waals surface area contributed by atoms with E-state index in [1.54, 1.807) is 31.4 Å². The molecule has 6 nitrogen and oxygen atoms in total. The second kappa shape index (κ2) is 6.58. The number of carboxylic acid groups (broad SMARTS) is 1. The summed E-state index contributed by atoms with van der Waals surface area (Å²) in [6.45, 7) is 0.0150. The van der Waals surface area contributed by atoms with E-state index < -0.39 is 12.0 Å². The Morgan fingerprint density at radius 3 is 2.48 bits per heavy atom. The molecule has 1 aromatic rings. The van der Waals surface area contributed by atoms with Crippen LogP contribution >= 0.6 is 0 Å². The highest BCUT2D eigenvalue weighted by atomic mass is 16.5. The number of ether oxygens (including phenoxy) is 1. The quantitative estimate of drug-likeness (QED) is 0.838. The van der Waals surface area contributed by atoms with Gasteiger partial charge in [-0.1, -0.05) is 18.2 Å². The van der Waals surface area contributed by atoms with Crippen molar-refractivity contribution in [1.29, 1.82) is 0 Å². The molecule has 0 bridgehead atoms. The standard InChI is InChI=1S/C15H20N2O4/c1-21-15(8-5-9-15)11-16-14(20)17(10-13(18)19)12-6-3-2-4-7-12/h2-4,6-7H,5,8-11H2,1H3,(H,16,20)(H,18,19). The van der Waals surface area contributed by atoms with Crippen LogP contribution in [0, 0.1) is 0 Å². The SMILES string of the molecule is COC1(CNC(=O)N(CC(=O)O)c2ccccc2)CCC1. The summed E-state index contributed by atoms with van der Waals surface area (Å²) < 4.78 is 5.44. The summed E-state index contributed by atoms with van der Waals surface area (Å²) in [5.41, 5.74) is 0.263. The highest BCUT2D eigenvalue weighted by Gasteiger charge is 2.37. The fourth-order valence-electron chi connectivity index (χ4n) is 2.38. The summed E-state index contributed by atoms with van der Waals surface area (Å²) in [5, 5.41) is 11.8. The Morgan fingerprint density at radius 1 is 1.33 bits per heavy atom. The second-order valence-corrected chi connectivity index (χ2v) is 5.21. The molecule has 0 unspecified atom stereocenters. The van der Waals surface area contributed by atoms with E-state index in [9.17, 15) is 9.59 Å². The summed E-state index contributed by atoms with van der Waals surface area (Å²) in [6.07, 6.45) is 2.91. The molecule has 0 saturated heterocycles. The first-order chi connectivity index (χ1) is 10.1. The van der Waals surface area contributed by atoms with Gasteiger partial charge < -0.3 is 15.2 Å². The zero-order chi connectivity index (χ0) is 15.3. The van der Waals surface area contributed by atoms with Crippen LogP contribution in [0.4, 0.5) is 10.5 Å². The van der Waals surface area contributed by atoms with Crippen LogP contribution in [0.3, 0.4) is 0 Å². The molecule has 114 valence electrons. The molecule has 1 fully saturated rings. The van der Waals surface area contributed by atoms with Crippen molar-refractivity contribution in [2.45, 2.75) is 24.9 Å². The number of benzene rings is 1. The van der Waals surface area contributed by atoms with Gasteiger partial charge in [-0.05, 0) is 31.4 Å². The van der Waals surface area contributed by atoms with Crippen molar-refractivity contribution >= 4 is 17.7 Å². The number of methoxy groups -OCH3 is 1. The van der Waals surface area contributed by atoms with Gasteiger partial charge in [-0.3, -0.25) is 9.69 Å². The van der Waals surface area contributed by atoms with E-state index in [0.29, 0.717) is 12.2 Å². The summed E-state index contributed by atoms with van der Waals surface area (Å²) in [5.74, 6) is -1.06. The zero-order valence-corrected chi connectivity index (χ0v) is 12.0. The summed E-state index contributed by atoms with van der Waals surface area (Å²) in [7, 11) is 1.64. The molecule has 0 radical (unpaired) electrons. The molecule has 2 amide bonds. The lowest BCUT2D eigenvalue weighted by atomic mass is 9.80. The second-order valence-electron chi connectivity index (χ2n) is 5.21. The van der Waals surface area contributed by atoms with Crippen molar-refractivity contribution in [3.05, 3.63) is 30.3 Å². The molecule has 1 aliphatic carbocycles. The molecule has 0 spiro atoms. The molecule has 1 saturated carbocycles. The Kier molecular flexibility index (Phi) is 4.80. The minimum atomic E-state index is -1.06. The van der Waals surface area contributed by atoms with Crippen LogP contribution < -0.4 is 10.2 Å². The van der Waals surface area contributed by atoms with E-state index in [0.717, 1.165) is 19.3 Å². The van der Waals surface area contributed by atoms with Crippen molar-refractivity contribution in [3.8, 4) is 0 Å². The summed E-state index contributed by atoms with van der Waals surface area (Å²) >= 11 is 0. The molecule has 6 heteroatoms. The third-order valence-electron chi connectivity index (χ3n) is 3.87. The number of nitrogens with zero attached hydrogens (tertiary/aromatic N) is 1. The lowest BCUT2D eigenvalue weighted by molar-refractivity contribution is -0.135. The first kappa shape index (κ1) is 15.3. The fraction of sp³-hybridized carbons (Fsp3) is 0.467. The Bertz CT molecular complexity index is 494. The topological polar surface area (TPSA) is 78.9 Å². The van der Waals surface area contributed by atoms with Gasteiger partial charge in [0.1, 0.15) is 6.54 Å². The number of carboxylic acids is 1. The van der Waals surface area contributed by atoms with Crippen LogP contribution in [-0.4, -0.2) is 42.9 Å². The van der Waals surface area contributed by atoms with Gasteiger partial charge in [-0.2, -0.15) is 0 Å². The van der Waals surface area contributed by atoms with Crippen molar-refractivity contribution in [3.63, 3.8) is 0 Å². The molecule has 0 aromatic heterocycles. The van der Waals surface area contributed by atoms with E-state index in [4.69, 9.17) is 9.84 Å². The van der Waals surface area contributed by atoms with Gasteiger partial charge in [-0.25, -0.2) is 4.79 Å². The number of nitrogens with one attached hydrogen (secondary N) is 1. The highest BCUT2D eigenvalue weighted by molar-refractivity contribution is 5.96. The number of aliphatic carboxylic acids is 1. The molecular weight excluding hydrogens is 272 g/mol. The number of carbonyl (C=O) groups excluding carboxylic acids is 1. The van der Waals surface area contributed by atoms with Gasteiger partial charge in [0, 0.05) is 19.3 Å². The average Bonchev–Trinajstić information content (AvgIpc) is 2.44. The number of hydrogen-bond acceptors (Lipinski definition) is 3. The predicted molar refractivity (Wildman–Crippen MR) is 78.4 cm³/mol. The van der Waals surface area contributed by atoms with E-state index in [-0.39, 0.29) is 12.1 Å². The minimum Gasteiger partial charge on any atom is -0.480 e. The lowest BCUT2D eigenvalue weighted by Crippen LogP contribution is -2.52. The molecule has 0 atom stereocenters. The predicted octanol–water partition coefficient (Wildman–Crippen LogP) is 1.86. The van der Waals surface area contributed by atoms with E-state index in [2.05, 4.69) is 5.32 Å². The third-order valence-corrected chi connectivity index (χ3v) is 3.87. The number of carbonyl (C=O) groups is 2. The molecule has 2 N–H and O–H groups in total. The Balaban J connectivity index is 2.02. The smallest absolute Gasteiger partial charge is 0.323 e. The molecule has 1 aromatic carbocycles. The fourth-order valence-corrected chi connectivity index (χ4v) is 2.38. The first-order valence-corrected chi connectivity index (χ1v) is 6.94. The van der Waals surface area contributed by atoms with Gasteiger partial charge in [0.15, 0.2) is 0 Å². The maximum Gasteiger partial charge on any atom is 0.323 e. The summed E-state index contributed by atoms with van der Waals surface area (Å²) in [4.78, 5) is 24.5. The Labute approximate surface area is 123 Å². The van der Waals surface area contributed by atoms with Crippen LogP contribution in [-0.2, 0) is 9.53 Å². The van der Waals surface area contributed by atoms with E-state index in [1.807, 2.05) is 6.07 Å². The van der Waals surface area contributed by atoms with Crippen LogP contribution in [0.15, 0.2) is 30.3 Å². The third kappa shape index (κ3) is 3.72. The van der Waals surface area contributed by atoms with Crippen molar-refractivity contribution in [1.82, 2.24) is 5.32 Å². The molecule has 1 aliphatic rings. The zero-order valence-electron chi connectivity index (χ0n) is 12.0. The van der Waals surface area contributed by atoms with Crippen molar-refractivity contribution in [2.75, 3.05) is 25.1 Å². The Hall–Kier alpha value is -2.08. The van der Waals surface area contributed by atoms with Gasteiger partial charge >= 0.3 is 12.0 Å². The number of rotatable bonds is 6. The van der Waals surface area contributed by atoms with Crippen LogP contribution in [0.5, 0.6) is 0 Å². The minimum absolute atomic E-state index is 0.290. The van der Waals surface area contributed by atoms with Crippen LogP contribution in [0.2, 0.25) is 0 Å². The van der Waals surface area contributed by atoms with Gasteiger partial charge in [0.2, 0.25) is 0 Å². The molecule has 0 heterocycles. The van der Waals surface area contributed by atoms with Crippen LogP contribution in [0.1, 0.15) is 19.3 Å². The number of anilines is 1. The van der Waals surface area contributed by atoms with Crippen molar-refractivity contribution in [2.24, 2.45) is 0 Å². The molecule has 2 rings (SSSR count). The maximum absolute atomic E-state index is 12.3. The normalized spacial score (nSPS) is 15.9. The number of urea groups is 1. The average molecular weight is 292 g/mol. The van der Waals surface area contributed by atoms with Crippen molar-refractivity contribution < 1.29 is 19.4 Å². The molecule has 0 aliphatic heterocycles. The Morgan fingerprint density at radius 2 is 2.00 bits per heavy atom. The highest BCUT2D eigenvalue weighted by Crippen LogP contribution is 2.34. The molecular formula is C15H20N2O4. The monoisotopic (exact) mass is 292 g/mol. The maximum atomic E-state index is 12.3. The number of para-hydroxylation sites is 1. The number of amides is 2. The lowest BCUT2D eigenvalue weighted by Gasteiger charge is -2.40. The summed E-state index contributed by atoms with van der Waals surface area (Å²) in [6, 6.07) is 8.33. The first-order valence-electron chi connectivity index (χ1n) is 6.94. The molecule has 21 heavy (non-hydrogen) atoms. The van der Waals surface area contributed by atoms with E-state index >= 15 is 0 Å². The van der Waals surface area contributed by atoms with Gasteiger partial charge in [0.05, 0.1) is 5.60 Å². The van der Waals surface area contributed by atoms with Gasteiger partial charge in [-0.15, -0.1) is 0 Å². The van der Waals surface area contributed by atoms with Crippen LogP contribution in [0.25, 0.3) is 0 Å². The van der Waals surface area contributed by atoms with Gasteiger partial charge in [0.25, 0.3) is 0 Å². The number of hydrogen-bond donors (Lipinski definition) is 2. The largest absolute Gasteiger partial charge is 0.480 e.